The molecule has 0 spiro atoms. The Hall–Kier alpha value is -1.35. The molecule has 2 unspecified atom stereocenters. The molecule has 2 N–H and O–H groups in total. The summed E-state index contributed by atoms with van der Waals surface area (Å²) >= 11 is 0. The molecule has 1 rings (SSSR count). The number of esters is 1. The number of carbonyl (C=O) groups is 1. The average Bonchev–Trinajstić information content (AvgIpc) is 2.31. The third kappa shape index (κ3) is 3.86. The van der Waals surface area contributed by atoms with E-state index in [9.17, 15) is 4.79 Å². The molecule has 0 aromatic heterocycles. The minimum Gasteiger partial charge on any atom is -0.462 e. The van der Waals surface area contributed by atoms with Crippen molar-refractivity contribution < 1.29 is 9.53 Å². The molecule has 2 atom stereocenters. The lowest BCUT2D eigenvalue weighted by Crippen LogP contribution is -2.28. The van der Waals surface area contributed by atoms with Crippen molar-refractivity contribution in [3.63, 3.8) is 0 Å². The zero-order chi connectivity index (χ0) is 12.8. The lowest BCUT2D eigenvalue weighted by Gasteiger charge is -2.20. The van der Waals surface area contributed by atoms with Gasteiger partial charge in [-0.1, -0.05) is 44.2 Å². The Morgan fingerprint density at radius 2 is 1.82 bits per heavy atom. The predicted octanol–water partition coefficient (Wildman–Crippen LogP) is 2.32. The molecule has 17 heavy (non-hydrogen) atoms. The Labute approximate surface area is 103 Å². The van der Waals surface area contributed by atoms with Crippen molar-refractivity contribution in [1.82, 2.24) is 0 Å². The number of benzene rings is 1. The highest BCUT2D eigenvalue weighted by Crippen LogP contribution is 2.18. The van der Waals surface area contributed by atoms with Gasteiger partial charge in [-0.25, -0.2) is 0 Å². The lowest BCUT2D eigenvalue weighted by molar-refractivity contribution is -0.151. The molecule has 1 aromatic carbocycles. The van der Waals surface area contributed by atoms with Gasteiger partial charge in [-0.2, -0.15) is 0 Å². The first-order valence-corrected chi connectivity index (χ1v) is 6.01. The van der Waals surface area contributed by atoms with E-state index >= 15 is 0 Å². The van der Waals surface area contributed by atoms with Crippen LogP contribution >= 0.6 is 0 Å². The first-order chi connectivity index (χ1) is 8.06. The molecule has 0 bridgehead atoms. The molecule has 0 saturated heterocycles. The normalized spacial score (nSPS) is 14.4. The van der Waals surface area contributed by atoms with Crippen molar-refractivity contribution in [1.29, 1.82) is 0 Å². The number of nitrogens with two attached hydrogens (primary N) is 1. The van der Waals surface area contributed by atoms with Crippen LogP contribution in [-0.2, 0) is 9.53 Å². The van der Waals surface area contributed by atoms with E-state index in [4.69, 9.17) is 10.5 Å². The molecule has 0 heterocycles. The molecular formula is C14H21NO2. The van der Waals surface area contributed by atoms with Crippen LogP contribution in [0.5, 0.6) is 0 Å². The Balaban J connectivity index is 2.72. The van der Waals surface area contributed by atoms with Gasteiger partial charge < -0.3 is 10.5 Å². The van der Waals surface area contributed by atoms with Crippen LogP contribution < -0.4 is 5.73 Å². The topological polar surface area (TPSA) is 52.3 Å². The fourth-order valence-corrected chi connectivity index (χ4v) is 1.46. The second-order valence-corrected chi connectivity index (χ2v) is 4.58. The van der Waals surface area contributed by atoms with E-state index in [0.29, 0.717) is 5.92 Å². The summed E-state index contributed by atoms with van der Waals surface area (Å²) in [4.78, 5) is 12.0. The Morgan fingerprint density at radius 3 is 2.29 bits per heavy atom. The largest absolute Gasteiger partial charge is 0.462 e. The van der Waals surface area contributed by atoms with Gasteiger partial charge in [0.05, 0.1) is 5.92 Å². The maximum Gasteiger partial charge on any atom is 0.314 e. The number of carbonyl (C=O) groups excluding carboxylic acids is 1. The van der Waals surface area contributed by atoms with E-state index in [0.717, 1.165) is 5.56 Å². The van der Waals surface area contributed by atoms with Crippen LogP contribution in [0.25, 0.3) is 0 Å². The van der Waals surface area contributed by atoms with Crippen LogP contribution in [0.4, 0.5) is 0 Å². The molecule has 3 nitrogen and oxygen atoms in total. The molecule has 0 aliphatic rings. The van der Waals surface area contributed by atoms with Crippen molar-refractivity contribution in [3.8, 4) is 0 Å². The van der Waals surface area contributed by atoms with E-state index in [1.807, 2.05) is 51.1 Å². The Bertz CT molecular complexity index is 348. The van der Waals surface area contributed by atoms with Crippen LogP contribution in [0.3, 0.4) is 0 Å². The van der Waals surface area contributed by atoms with Crippen LogP contribution in [0, 0.1) is 5.92 Å². The molecule has 0 fully saturated rings. The van der Waals surface area contributed by atoms with Gasteiger partial charge in [0.15, 0.2) is 0 Å². The van der Waals surface area contributed by atoms with Crippen LogP contribution in [0.2, 0.25) is 0 Å². The smallest absolute Gasteiger partial charge is 0.314 e. The summed E-state index contributed by atoms with van der Waals surface area (Å²) in [5, 5.41) is 0. The highest BCUT2D eigenvalue weighted by molar-refractivity contribution is 5.78. The second kappa shape index (κ2) is 6.40. The third-order valence-electron chi connectivity index (χ3n) is 2.96. The van der Waals surface area contributed by atoms with Gasteiger partial charge in [-0.3, -0.25) is 4.79 Å². The van der Waals surface area contributed by atoms with Crippen LogP contribution in [-0.4, -0.2) is 18.6 Å². The first kappa shape index (κ1) is 13.7. The quantitative estimate of drug-likeness (QED) is 0.797. The summed E-state index contributed by atoms with van der Waals surface area (Å²) in [6.45, 7) is 6.23. The maximum atomic E-state index is 12.0. The standard InChI is InChI=1S/C14H21NO2/c1-10(2)11(3)17-14(16)13(9-15)12-7-5-4-6-8-12/h4-8,10-11,13H,9,15H2,1-3H3. The van der Waals surface area contributed by atoms with Gasteiger partial charge in [0, 0.05) is 6.54 Å². The van der Waals surface area contributed by atoms with Gasteiger partial charge in [0.2, 0.25) is 0 Å². The fraction of sp³-hybridized carbons (Fsp3) is 0.500. The average molecular weight is 235 g/mol. The molecule has 94 valence electrons. The molecule has 0 radical (unpaired) electrons. The predicted molar refractivity (Wildman–Crippen MR) is 68.6 cm³/mol. The van der Waals surface area contributed by atoms with Gasteiger partial charge >= 0.3 is 5.97 Å². The number of hydrogen-bond donors (Lipinski definition) is 1. The minimum atomic E-state index is -0.364. The number of rotatable bonds is 5. The summed E-state index contributed by atoms with van der Waals surface area (Å²) in [6.07, 6.45) is -0.0831. The van der Waals surface area contributed by atoms with Crippen molar-refractivity contribution in [2.75, 3.05) is 6.54 Å². The molecule has 3 heteroatoms. The van der Waals surface area contributed by atoms with Gasteiger partial charge in [-0.15, -0.1) is 0 Å². The Kier molecular flexibility index (Phi) is 5.16. The Morgan fingerprint density at radius 1 is 1.24 bits per heavy atom. The van der Waals surface area contributed by atoms with Gasteiger partial charge in [0.1, 0.15) is 6.10 Å². The summed E-state index contributed by atoms with van der Waals surface area (Å²) in [6, 6.07) is 9.52. The summed E-state index contributed by atoms with van der Waals surface area (Å²) in [5.74, 6) is -0.287. The van der Waals surface area contributed by atoms with Crippen molar-refractivity contribution in [2.24, 2.45) is 11.7 Å². The summed E-state index contributed by atoms with van der Waals surface area (Å²) in [5.41, 5.74) is 6.57. The first-order valence-electron chi connectivity index (χ1n) is 6.01. The molecule has 0 aliphatic carbocycles. The van der Waals surface area contributed by atoms with Gasteiger partial charge in [0.25, 0.3) is 0 Å². The van der Waals surface area contributed by atoms with E-state index < -0.39 is 0 Å². The number of hydrogen-bond acceptors (Lipinski definition) is 3. The highest BCUT2D eigenvalue weighted by Gasteiger charge is 2.23. The number of ether oxygens (including phenoxy) is 1. The van der Waals surface area contributed by atoms with E-state index in [2.05, 4.69) is 0 Å². The minimum absolute atomic E-state index is 0.0831. The van der Waals surface area contributed by atoms with Crippen molar-refractivity contribution >= 4 is 5.97 Å². The maximum absolute atomic E-state index is 12.0. The van der Waals surface area contributed by atoms with Crippen LogP contribution in [0.1, 0.15) is 32.3 Å². The third-order valence-corrected chi connectivity index (χ3v) is 2.96. The molecule has 0 aliphatic heterocycles. The molecule has 1 aromatic rings. The second-order valence-electron chi connectivity index (χ2n) is 4.58. The van der Waals surface area contributed by atoms with Crippen LogP contribution in [0.15, 0.2) is 30.3 Å². The molecular weight excluding hydrogens is 214 g/mol. The van der Waals surface area contributed by atoms with Crippen molar-refractivity contribution in [3.05, 3.63) is 35.9 Å². The monoisotopic (exact) mass is 235 g/mol. The van der Waals surface area contributed by atoms with Gasteiger partial charge in [-0.05, 0) is 18.4 Å². The van der Waals surface area contributed by atoms with E-state index in [1.54, 1.807) is 0 Å². The zero-order valence-corrected chi connectivity index (χ0v) is 10.7. The highest BCUT2D eigenvalue weighted by atomic mass is 16.5. The molecule has 0 amide bonds. The zero-order valence-electron chi connectivity index (χ0n) is 10.7. The molecule has 0 saturated carbocycles. The SMILES string of the molecule is CC(C)C(C)OC(=O)C(CN)c1ccccc1. The lowest BCUT2D eigenvalue weighted by atomic mass is 9.99. The van der Waals surface area contributed by atoms with E-state index in [-0.39, 0.29) is 24.5 Å². The summed E-state index contributed by atoms with van der Waals surface area (Å²) < 4.78 is 5.40. The van der Waals surface area contributed by atoms with E-state index in [1.165, 1.54) is 0 Å². The summed E-state index contributed by atoms with van der Waals surface area (Å²) in [7, 11) is 0. The fourth-order valence-electron chi connectivity index (χ4n) is 1.46. The van der Waals surface area contributed by atoms with Crippen molar-refractivity contribution in [2.45, 2.75) is 32.8 Å².